The largest absolute Gasteiger partial charge is 0.387 e. The molecule has 0 aromatic heterocycles. The van der Waals surface area contributed by atoms with Crippen molar-refractivity contribution in [3.05, 3.63) is 108 Å². The van der Waals surface area contributed by atoms with Gasteiger partial charge in [0, 0.05) is 0 Å². The van der Waals surface area contributed by atoms with Crippen LogP contribution in [0.4, 0.5) is 0 Å². The predicted molar refractivity (Wildman–Crippen MR) is 123 cm³/mol. The number of rotatable bonds is 9. The minimum Gasteiger partial charge on any atom is -0.387 e. The van der Waals surface area contributed by atoms with Crippen molar-refractivity contribution in [3.63, 3.8) is 0 Å². The van der Waals surface area contributed by atoms with Crippen LogP contribution in [0.25, 0.3) is 0 Å². The summed E-state index contributed by atoms with van der Waals surface area (Å²) in [4.78, 5) is 0. The number of hydrogen-bond acceptors (Lipinski definition) is 6. The van der Waals surface area contributed by atoms with Crippen LogP contribution < -0.4 is 0 Å². The van der Waals surface area contributed by atoms with Crippen LogP contribution >= 0.6 is 0 Å². The molecular weight excluding hydrogens is 420 g/mol. The van der Waals surface area contributed by atoms with Crippen molar-refractivity contribution in [1.82, 2.24) is 0 Å². The van der Waals surface area contributed by atoms with Crippen molar-refractivity contribution in [2.45, 2.75) is 56.4 Å². The molecule has 3 aromatic rings. The van der Waals surface area contributed by atoms with Crippen LogP contribution in [0.2, 0.25) is 0 Å². The molecule has 0 aliphatic heterocycles. The maximum atomic E-state index is 10.8. The second-order valence-electron chi connectivity index (χ2n) is 8.26. The van der Waals surface area contributed by atoms with Crippen molar-refractivity contribution in [1.29, 1.82) is 0 Å². The minimum atomic E-state index is -1.43. The molecule has 0 bridgehead atoms. The van der Waals surface area contributed by atoms with Crippen LogP contribution in [-0.4, -0.2) is 51.9 Å². The second kappa shape index (κ2) is 11.5. The Morgan fingerprint density at radius 1 is 0.424 bits per heavy atom. The van der Waals surface area contributed by atoms with Gasteiger partial charge in [0.2, 0.25) is 0 Å². The van der Waals surface area contributed by atoms with Crippen LogP contribution in [0.5, 0.6) is 0 Å². The highest BCUT2D eigenvalue weighted by Crippen LogP contribution is 2.30. The molecule has 4 rings (SSSR count). The summed E-state index contributed by atoms with van der Waals surface area (Å²) >= 11 is 0. The summed E-state index contributed by atoms with van der Waals surface area (Å²) in [5.74, 6) is 0. The minimum absolute atomic E-state index is 0.224. The summed E-state index contributed by atoms with van der Waals surface area (Å²) in [5, 5.41) is 32.1. The Morgan fingerprint density at radius 3 is 1.06 bits per heavy atom. The Bertz CT molecular complexity index is 895. The van der Waals surface area contributed by atoms with Crippen LogP contribution in [0, 0.1) is 0 Å². The molecule has 0 radical (unpaired) electrons. The molecule has 6 atom stereocenters. The van der Waals surface area contributed by atoms with E-state index in [4.69, 9.17) is 14.2 Å². The molecular formula is C27H30O6. The zero-order chi connectivity index (χ0) is 23.0. The van der Waals surface area contributed by atoms with Gasteiger partial charge in [-0.25, -0.2) is 0 Å². The van der Waals surface area contributed by atoms with Crippen LogP contribution in [-0.2, 0) is 34.0 Å². The summed E-state index contributed by atoms with van der Waals surface area (Å²) in [5.41, 5.74) is 2.79. The normalized spacial score (nSPS) is 27.4. The second-order valence-corrected chi connectivity index (χ2v) is 8.26. The zero-order valence-electron chi connectivity index (χ0n) is 18.3. The highest BCUT2D eigenvalue weighted by atomic mass is 16.6. The lowest BCUT2D eigenvalue weighted by atomic mass is 9.84. The molecule has 2 unspecified atom stereocenters. The molecule has 1 aliphatic rings. The topological polar surface area (TPSA) is 88.4 Å². The summed E-state index contributed by atoms with van der Waals surface area (Å²) < 4.78 is 18.3. The Balaban J connectivity index is 1.54. The van der Waals surface area contributed by atoms with Gasteiger partial charge in [-0.1, -0.05) is 91.0 Å². The number of aliphatic hydroxyl groups excluding tert-OH is 3. The SMILES string of the molecule is OC1[C@@H](O)[C@H](OCc2ccccc2)C(OCc2ccccc2)[C@H](OCc2ccccc2)[C@H]1O. The van der Waals surface area contributed by atoms with Gasteiger partial charge in [0.25, 0.3) is 0 Å². The summed E-state index contributed by atoms with van der Waals surface area (Å²) in [6.45, 7) is 0.696. The molecule has 33 heavy (non-hydrogen) atoms. The van der Waals surface area contributed by atoms with E-state index >= 15 is 0 Å². The highest BCUT2D eigenvalue weighted by Gasteiger charge is 2.51. The molecule has 6 nitrogen and oxygen atoms in total. The van der Waals surface area contributed by atoms with Crippen molar-refractivity contribution in [2.24, 2.45) is 0 Å². The Kier molecular flexibility index (Phi) is 8.23. The van der Waals surface area contributed by atoms with E-state index < -0.39 is 36.6 Å². The number of benzene rings is 3. The van der Waals surface area contributed by atoms with Crippen molar-refractivity contribution in [3.8, 4) is 0 Å². The first-order valence-electron chi connectivity index (χ1n) is 11.1. The highest BCUT2D eigenvalue weighted by molar-refractivity contribution is 5.16. The summed E-state index contributed by atoms with van der Waals surface area (Å²) in [6, 6.07) is 28.8. The average Bonchev–Trinajstić information content (AvgIpc) is 2.87. The van der Waals surface area contributed by atoms with Gasteiger partial charge < -0.3 is 29.5 Å². The smallest absolute Gasteiger partial charge is 0.116 e. The lowest BCUT2D eigenvalue weighted by Gasteiger charge is -2.45. The standard InChI is InChI=1S/C27H30O6/c28-22-23(29)25(31-16-19-10-4-1-5-11-19)27(33-18-21-14-8-3-9-15-21)26(24(22)30)32-17-20-12-6-2-7-13-20/h1-15,22-30H,16-18H2/t22?,23-,24+,25+,26-,27?. The number of ether oxygens (including phenoxy) is 3. The summed E-state index contributed by atoms with van der Waals surface area (Å²) in [7, 11) is 0. The van der Waals surface area contributed by atoms with Gasteiger partial charge in [0.05, 0.1) is 19.8 Å². The molecule has 0 saturated heterocycles. The fraction of sp³-hybridized carbons (Fsp3) is 0.333. The monoisotopic (exact) mass is 450 g/mol. The number of aliphatic hydroxyl groups is 3. The van der Waals surface area contributed by atoms with Crippen LogP contribution in [0.3, 0.4) is 0 Å². The molecule has 0 amide bonds. The fourth-order valence-corrected chi connectivity index (χ4v) is 4.04. The van der Waals surface area contributed by atoms with Gasteiger partial charge >= 0.3 is 0 Å². The van der Waals surface area contributed by atoms with Gasteiger partial charge in [-0.15, -0.1) is 0 Å². The molecule has 3 aromatic carbocycles. The van der Waals surface area contributed by atoms with E-state index in [2.05, 4.69) is 0 Å². The van der Waals surface area contributed by atoms with E-state index in [0.29, 0.717) is 0 Å². The van der Waals surface area contributed by atoms with E-state index in [-0.39, 0.29) is 19.8 Å². The molecule has 0 spiro atoms. The first-order valence-corrected chi connectivity index (χ1v) is 11.1. The van der Waals surface area contributed by atoms with Gasteiger partial charge in [0.15, 0.2) is 0 Å². The lowest BCUT2D eigenvalue weighted by Crippen LogP contribution is -2.65. The Hall–Kier alpha value is -2.58. The molecule has 1 fully saturated rings. The van der Waals surface area contributed by atoms with Gasteiger partial charge in [0.1, 0.15) is 36.6 Å². The zero-order valence-corrected chi connectivity index (χ0v) is 18.3. The fourth-order valence-electron chi connectivity index (χ4n) is 4.04. The quantitative estimate of drug-likeness (QED) is 0.465. The third-order valence-corrected chi connectivity index (χ3v) is 5.88. The first-order chi connectivity index (χ1) is 16.1. The third kappa shape index (κ3) is 6.06. The predicted octanol–water partition coefficient (Wildman–Crippen LogP) is 2.84. The van der Waals surface area contributed by atoms with Gasteiger partial charge in [-0.3, -0.25) is 0 Å². The number of hydrogen-bond donors (Lipinski definition) is 3. The van der Waals surface area contributed by atoms with Crippen LogP contribution in [0.15, 0.2) is 91.0 Å². The van der Waals surface area contributed by atoms with E-state index in [0.717, 1.165) is 16.7 Å². The molecule has 0 heterocycles. The molecule has 1 saturated carbocycles. The summed E-state index contributed by atoms with van der Waals surface area (Å²) in [6.07, 6.45) is -6.68. The molecule has 6 heteroatoms. The molecule has 174 valence electrons. The van der Waals surface area contributed by atoms with E-state index in [9.17, 15) is 15.3 Å². The lowest BCUT2D eigenvalue weighted by molar-refractivity contribution is -0.263. The Morgan fingerprint density at radius 2 is 0.727 bits per heavy atom. The Labute approximate surface area is 194 Å². The van der Waals surface area contributed by atoms with Gasteiger partial charge in [-0.05, 0) is 16.7 Å². The maximum Gasteiger partial charge on any atom is 0.116 e. The van der Waals surface area contributed by atoms with Gasteiger partial charge in [-0.2, -0.15) is 0 Å². The average molecular weight is 451 g/mol. The van der Waals surface area contributed by atoms with Crippen molar-refractivity contribution >= 4 is 0 Å². The molecule has 3 N–H and O–H groups in total. The molecule has 1 aliphatic carbocycles. The first kappa shape index (κ1) is 23.6. The maximum absolute atomic E-state index is 10.8. The van der Waals surface area contributed by atoms with E-state index in [1.807, 2.05) is 91.0 Å². The van der Waals surface area contributed by atoms with E-state index in [1.54, 1.807) is 0 Å². The van der Waals surface area contributed by atoms with E-state index in [1.165, 1.54) is 0 Å². The van der Waals surface area contributed by atoms with Crippen LogP contribution in [0.1, 0.15) is 16.7 Å². The van der Waals surface area contributed by atoms with Crippen molar-refractivity contribution < 1.29 is 29.5 Å². The third-order valence-electron chi connectivity index (χ3n) is 5.88. The van der Waals surface area contributed by atoms with Crippen molar-refractivity contribution in [2.75, 3.05) is 0 Å².